The molecule has 2 fully saturated rings. The lowest BCUT2D eigenvalue weighted by atomic mass is 9.93. The predicted molar refractivity (Wildman–Crippen MR) is 117 cm³/mol. The molecule has 0 spiro atoms. The molecule has 1 aromatic carbocycles. The Bertz CT molecular complexity index is 644. The molecule has 3 amide bonds. The average Bonchev–Trinajstić information content (AvgIpc) is 2.72. The van der Waals surface area contributed by atoms with Crippen LogP contribution < -0.4 is 10.6 Å². The van der Waals surface area contributed by atoms with E-state index in [1.165, 1.54) is 25.9 Å². The van der Waals surface area contributed by atoms with Crippen molar-refractivity contribution in [2.24, 2.45) is 11.8 Å². The summed E-state index contributed by atoms with van der Waals surface area (Å²) < 4.78 is 0. The molecule has 1 atom stereocenters. The van der Waals surface area contributed by atoms with E-state index >= 15 is 0 Å². The van der Waals surface area contributed by atoms with E-state index in [9.17, 15) is 9.59 Å². The Hall–Kier alpha value is -2.08. The normalized spacial score (nSPS) is 21.0. The first-order chi connectivity index (χ1) is 14.1. The Labute approximate surface area is 175 Å². The van der Waals surface area contributed by atoms with Crippen LogP contribution in [0.2, 0.25) is 0 Å². The molecule has 0 unspecified atom stereocenters. The highest BCUT2D eigenvalue weighted by Gasteiger charge is 2.24. The Balaban J connectivity index is 1.27. The van der Waals surface area contributed by atoms with E-state index in [1.54, 1.807) is 0 Å². The molecule has 3 rings (SSSR count). The number of para-hydroxylation sites is 1. The number of benzene rings is 1. The molecule has 0 saturated carbocycles. The van der Waals surface area contributed by atoms with Crippen LogP contribution in [0, 0.1) is 11.8 Å². The van der Waals surface area contributed by atoms with Gasteiger partial charge in [-0.3, -0.25) is 4.79 Å². The van der Waals surface area contributed by atoms with Gasteiger partial charge in [0.05, 0.1) is 0 Å². The van der Waals surface area contributed by atoms with Gasteiger partial charge in [-0.25, -0.2) is 4.79 Å². The minimum Gasteiger partial charge on any atom is -0.356 e. The summed E-state index contributed by atoms with van der Waals surface area (Å²) in [5.74, 6) is 1.34. The van der Waals surface area contributed by atoms with Crippen molar-refractivity contribution >= 4 is 17.6 Å². The van der Waals surface area contributed by atoms with Crippen LogP contribution >= 0.6 is 0 Å². The number of anilines is 1. The maximum atomic E-state index is 12.4. The third-order valence-corrected chi connectivity index (χ3v) is 6.12. The molecular formula is C23H36N4O2. The number of nitrogens with one attached hydrogen (secondary N) is 2. The number of hydrogen-bond donors (Lipinski definition) is 2. The molecule has 0 aliphatic carbocycles. The Morgan fingerprint density at radius 1 is 1.07 bits per heavy atom. The SMILES string of the molecule is C[C@H]1CCCN(CCCNC(=O)CC2CCN(C(=O)Nc3ccccc3)CC2)C1. The van der Waals surface area contributed by atoms with Crippen molar-refractivity contribution in [1.29, 1.82) is 0 Å². The van der Waals surface area contributed by atoms with Crippen molar-refractivity contribution in [2.75, 3.05) is 44.6 Å². The first-order valence-electron chi connectivity index (χ1n) is 11.2. The highest BCUT2D eigenvalue weighted by atomic mass is 16.2. The summed E-state index contributed by atoms with van der Waals surface area (Å²) >= 11 is 0. The smallest absolute Gasteiger partial charge is 0.321 e. The first-order valence-corrected chi connectivity index (χ1v) is 11.2. The Kier molecular flexibility index (Phi) is 8.35. The van der Waals surface area contributed by atoms with Gasteiger partial charge in [0.15, 0.2) is 0 Å². The Morgan fingerprint density at radius 2 is 1.83 bits per heavy atom. The lowest BCUT2D eigenvalue weighted by molar-refractivity contribution is -0.122. The lowest BCUT2D eigenvalue weighted by Gasteiger charge is -2.32. The molecule has 2 aliphatic rings. The van der Waals surface area contributed by atoms with Crippen molar-refractivity contribution in [1.82, 2.24) is 15.1 Å². The standard InChI is InChI=1S/C23H36N4O2/c1-19-7-5-13-26(18-19)14-6-12-24-22(28)17-20-10-15-27(16-11-20)23(29)25-21-8-3-2-4-9-21/h2-4,8-9,19-20H,5-7,10-18H2,1H3,(H,24,28)(H,25,29)/t19-/m0/s1. The van der Waals surface area contributed by atoms with Gasteiger partial charge < -0.3 is 20.4 Å². The summed E-state index contributed by atoms with van der Waals surface area (Å²) in [6.45, 7) is 8.00. The molecule has 1 aromatic rings. The molecule has 0 bridgehead atoms. The van der Waals surface area contributed by atoms with Crippen molar-refractivity contribution < 1.29 is 9.59 Å². The van der Waals surface area contributed by atoms with E-state index in [0.717, 1.165) is 44.0 Å². The zero-order valence-corrected chi connectivity index (χ0v) is 17.7. The van der Waals surface area contributed by atoms with E-state index in [4.69, 9.17) is 0 Å². The number of amides is 3. The molecule has 2 saturated heterocycles. The van der Waals surface area contributed by atoms with Gasteiger partial charge >= 0.3 is 6.03 Å². The van der Waals surface area contributed by atoms with Crippen molar-refractivity contribution in [3.05, 3.63) is 30.3 Å². The van der Waals surface area contributed by atoms with E-state index < -0.39 is 0 Å². The molecular weight excluding hydrogens is 364 g/mol. The molecule has 29 heavy (non-hydrogen) atoms. The molecule has 0 radical (unpaired) electrons. The van der Waals surface area contributed by atoms with Crippen molar-refractivity contribution in [2.45, 2.75) is 45.4 Å². The molecule has 160 valence electrons. The van der Waals surface area contributed by atoms with E-state index in [0.29, 0.717) is 25.4 Å². The van der Waals surface area contributed by atoms with Crippen molar-refractivity contribution in [3.63, 3.8) is 0 Å². The topological polar surface area (TPSA) is 64.7 Å². The number of carbonyl (C=O) groups is 2. The second-order valence-corrected chi connectivity index (χ2v) is 8.68. The van der Waals surface area contributed by atoms with Gasteiger partial charge in [0.1, 0.15) is 0 Å². The average molecular weight is 401 g/mol. The molecule has 2 heterocycles. The van der Waals surface area contributed by atoms with Crippen LogP contribution in [0.5, 0.6) is 0 Å². The fourth-order valence-electron chi connectivity index (χ4n) is 4.42. The third kappa shape index (κ3) is 7.35. The number of hydrogen-bond acceptors (Lipinski definition) is 3. The van der Waals surface area contributed by atoms with E-state index in [-0.39, 0.29) is 11.9 Å². The monoisotopic (exact) mass is 400 g/mol. The summed E-state index contributed by atoms with van der Waals surface area (Å²) in [7, 11) is 0. The molecule has 2 aliphatic heterocycles. The highest BCUT2D eigenvalue weighted by Crippen LogP contribution is 2.21. The van der Waals surface area contributed by atoms with Crippen LogP contribution in [0.25, 0.3) is 0 Å². The zero-order chi connectivity index (χ0) is 20.5. The van der Waals surface area contributed by atoms with E-state index in [2.05, 4.69) is 22.5 Å². The van der Waals surface area contributed by atoms with Gasteiger partial charge in [0.25, 0.3) is 0 Å². The molecule has 6 nitrogen and oxygen atoms in total. The number of carbonyl (C=O) groups excluding carboxylic acids is 2. The summed E-state index contributed by atoms with van der Waals surface area (Å²) in [6, 6.07) is 9.48. The number of piperidine rings is 2. The number of nitrogens with zero attached hydrogens (tertiary/aromatic N) is 2. The van der Waals surface area contributed by atoms with Gasteiger partial charge in [-0.05, 0) is 69.2 Å². The van der Waals surface area contributed by atoms with E-state index in [1.807, 2.05) is 35.2 Å². The molecule has 2 N–H and O–H groups in total. The third-order valence-electron chi connectivity index (χ3n) is 6.12. The first kappa shape index (κ1) is 21.6. The second kappa shape index (κ2) is 11.2. The van der Waals surface area contributed by atoms with Crippen LogP contribution in [0.15, 0.2) is 30.3 Å². The summed E-state index contributed by atoms with van der Waals surface area (Å²) in [5.41, 5.74) is 0.818. The second-order valence-electron chi connectivity index (χ2n) is 8.68. The maximum Gasteiger partial charge on any atom is 0.321 e. The van der Waals surface area contributed by atoms with Crippen LogP contribution in [-0.2, 0) is 4.79 Å². The zero-order valence-electron chi connectivity index (χ0n) is 17.7. The van der Waals surface area contributed by atoms with Gasteiger partial charge in [-0.15, -0.1) is 0 Å². The summed E-state index contributed by atoms with van der Waals surface area (Å²) in [5, 5.41) is 6.02. The van der Waals surface area contributed by atoms with Gasteiger partial charge in [0.2, 0.25) is 5.91 Å². The predicted octanol–water partition coefficient (Wildman–Crippen LogP) is 3.56. The fraction of sp³-hybridized carbons (Fsp3) is 0.652. The Morgan fingerprint density at radius 3 is 2.55 bits per heavy atom. The fourth-order valence-corrected chi connectivity index (χ4v) is 4.42. The van der Waals surface area contributed by atoms with Crippen LogP contribution in [0.3, 0.4) is 0 Å². The number of rotatable bonds is 7. The van der Waals surface area contributed by atoms with Gasteiger partial charge in [-0.2, -0.15) is 0 Å². The largest absolute Gasteiger partial charge is 0.356 e. The van der Waals surface area contributed by atoms with Crippen molar-refractivity contribution in [3.8, 4) is 0 Å². The maximum absolute atomic E-state index is 12.4. The molecule has 0 aromatic heterocycles. The minimum atomic E-state index is -0.0499. The highest BCUT2D eigenvalue weighted by molar-refractivity contribution is 5.89. The lowest BCUT2D eigenvalue weighted by Crippen LogP contribution is -2.42. The van der Waals surface area contributed by atoms with Gasteiger partial charge in [-0.1, -0.05) is 25.1 Å². The number of likely N-dealkylation sites (tertiary alicyclic amines) is 2. The van der Waals surface area contributed by atoms with Crippen LogP contribution in [-0.4, -0.2) is 61.0 Å². The molecule has 6 heteroatoms. The van der Waals surface area contributed by atoms with Gasteiger partial charge in [0, 0.05) is 38.3 Å². The van der Waals surface area contributed by atoms with Crippen LogP contribution in [0.4, 0.5) is 10.5 Å². The van der Waals surface area contributed by atoms with Crippen LogP contribution in [0.1, 0.15) is 45.4 Å². The summed E-state index contributed by atoms with van der Waals surface area (Å²) in [4.78, 5) is 29.0. The summed E-state index contributed by atoms with van der Waals surface area (Å²) in [6.07, 6.45) is 6.03. The minimum absolute atomic E-state index is 0.0499. The number of urea groups is 1. The quantitative estimate of drug-likeness (QED) is 0.688.